The summed E-state index contributed by atoms with van der Waals surface area (Å²) in [6, 6.07) is 5.31. The van der Waals surface area contributed by atoms with Gasteiger partial charge in [-0.15, -0.1) is 0 Å². The van der Waals surface area contributed by atoms with Gasteiger partial charge >= 0.3 is 5.97 Å². The maximum Gasteiger partial charge on any atom is 0.311 e. The lowest BCUT2D eigenvalue weighted by Crippen LogP contribution is -2.37. The van der Waals surface area contributed by atoms with E-state index in [4.69, 9.17) is 9.47 Å². The second-order valence-electron chi connectivity index (χ2n) is 4.68. The Balaban J connectivity index is 2.43. The zero-order chi connectivity index (χ0) is 13.3. The van der Waals surface area contributed by atoms with E-state index in [1.165, 1.54) is 7.11 Å². The molecule has 1 aliphatic rings. The lowest BCUT2D eigenvalue weighted by Gasteiger charge is -2.30. The van der Waals surface area contributed by atoms with Gasteiger partial charge in [-0.1, -0.05) is 0 Å². The second-order valence-corrected chi connectivity index (χ2v) is 4.68. The molecule has 0 radical (unpaired) electrons. The molecular weight excluding hydrogens is 231 g/mol. The molecule has 1 aliphatic carbocycles. The summed E-state index contributed by atoms with van der Waals surface area (Å²) in [6.07, 6.45) is 1.14. The third-order valence-corrected chi connectivity index (χ3v) is 3.59. The smallest absolute Gasteiger partial charge is 0.311 e. The van der Waals surface area contributed by atoms with Gasteiger partial charge < -0.3 is 9.47 Å². The standard InChI is InChI=1S/C13H15BO4/c1-17-9-3-4-10-8(7-9)5-6-13(14,11(10)15)12(16)18-2/h3-4,7H,5-6,14H2,1-2H3. The molecule has 1 atom stereocenters. The van der Waals surface area contributed by atoms with Gasteiger partial charge in [-0.05, 0) is 36.6 Å². The summed E-state index contributed by atoms with van der Waals surface area (Å²) < 4.78 is 9.87. The monoisotopic (exact) mass is 246 g/mol. The highest BCUT2D eigenvalue weighted by molar-refractivity contribution is 6.43. The first-order valence-electron chi connectivity index (χ1n) is 5.83. The van der Waals surface area contributed by atoms with Crippen molar-refractivity contribution in [3.05, 3.63) is 29.3 Å². The van der Waals surface area contributed by atoms with Crippen LogP contribution in [0.4, 0.5) is 0 Å². The molecule has 1 unspecified atom stereocenters. The molecule has 0 aliphatic heterocycles. The van der Waals surface area contributed by atoms with E-state index in [0.717, 1.165) is 11.3 Å². The number of carbonyl (C=O) groups is 2. The van der Waals surface area contributed by atoms with Crippen LogP contribution < -0.4 is 4.74 Å². The van der Waals surface area contributed by atoms with E-state index in [1.54, 1.807) is 27.1 Å². The number of benzene rings is 1. The Kier molecular flexibility index (Phi) is 3.15. The van der Waals surface area contributed by atoms with Crippen molar-refractivity contribution in [3.8, 4) is 5.75 Å². The number of ether oxygens (including phenoxy) is 2. The molecule has 5 heteroatoms. The first kappa shape index (κ1) is 12.7. The quantitative estimate of drug-likeness (QED) is 0.439. The van der Waals surface area contributed by atoms with Crippen molar-refractivity contribution in [2.45, 2.75) is 18.2 Å². The van der Waals surface area contributed by atoms with Crippen LogP contribution in [0, 0.1) is 0 Å². The summed E-state index contributed by atoms with van der Waals surface area (Å²) in [5.41, 5.74) is 1.52. The largest absolute Gasteiger partial charge is 0.497 e. The number of Topliss-reactive ketones (excluding diaryl/α,β-unsaturated/α-hetero) is 1. The van der Waals surface area contributed by atoms with Gasteiger partial charge in [0.1, 0.15) is 13.6 Å². The number of rotatable bonds is 2. The van der Waals surface area contributed by atoms with Crippen LogP contribution in [0.1, 0.15) is 22.3 Å². The third kappa shape index (κ3) is 1.80. The molecule has 4 nitrogen and oxygen atoms in total. The first-order chi connectivity index (χ1) is 8.52. The molecule has 18 heavy (non-hydrogen) atoms. The van der Waals surface area contributed by atoms with Crippen molar-refractivity contribution in [1.82, 2.24) is 0 Å². The van der Waals surface area contributed by atoms with Crippen LogP contribution in [-0.2, 0) is 16.0 Å². The van der Waals surface area contributed by atoms with Crippen LogP contribution in [0.25, 0.3) is 0 Å². The van der Waals surface area contributed by atoms with Gasteiger partial charge in [0.2, 0.25) is 0 Å². The number of hydrogen-bond acceptors (Lipinski definition) is 4. The number of hydrogen-bond donors (Lipinski definition) is 0. The molecule has 94 valence electrons. The van der Waals surface area contributed by atoms with Crippen molar-refractivity contribution in [3.63, 3.8) is 0 Å². The van der Waals surface area contributed by atoms with Crippen LogP contribution in [0.3, 0.4) is 0 Å². The zero-order valence-corrected chi connectivity index (χ0v) is 10.8. The highest BCUT2D eigenvalue weighted by atomic mass is 16.5. The minimum atomic E-state index is -1.06. The van der Waals surface area contributed by atoms with Gasteiger partial charge in [0.05, 0.1) is 19.5 Å². The lowest BCUT2D eigenvalue weighted by molar-refractivity contribution is -0.143. The molecule has 0 amide bonds. The number of fused-ring (bicyclic) bond motifs is 1. The Morgan fingerprint density at radius 1 is 1.39 bits per heavy atom. The van der Waals surface area contributed by atoms with E-state index in [9.17, 15) is 9.59 Å². The fraction of sp³-hybridized carbons (Fsp3) is 0.385. The van der Waals surface area contributed by atoms with E-state index < -0.39 is 11.3 Å². The fourth-order valence-electron chi connectivity index (χ4n) is 2.34. The van der Waals surface area contributed by atoms with Gasteiger partial charge in [-0.3, -0.25) is 9.59 Å². The van der Waals surface area contributed by atoms with Crippen molar-refractivity contribution in [2.75, 3.05) is 14.2 Å². The minimum Gasteiger partial charge on any atom is -0.497 e. The normalized spacial score (nSPS) is 22.2. The summed E-state index contributed by atoms with van der Waals surface area (Å²) in [6.45, 7) is 0. The first-order valence-corrected chi connectivity index (χ1v) is 5.83. The molecule has 0 fully saturated rings. The molecule has 0 aromatic heterocycles. The Morgan fingerprint density at radius 3 is 2.72 bits per heavy atom. The van der Waals surface area contributed by atoms with Crippen LogP contribution in [0.5, 0.6) is 5.75 Å². The summed E-state index contributed by atoms with van der Waals surface area (Å²) in [5, 5.41) is -1.06. The van der Waals surface area contributed by atoms with Crippen LogP contribution >= 0.6 is 0 Å². The molecule has 0 heterocycles. The molecule has 0 N–H and O–H groups in total. The number of carbonyl (C=O) groups excluding carboxylic acids is 2. The number of aryl methyl sites for hydroxylation is 1. The molecule has 0 saturated heterocycles. The maximum absolute atomic E-state index is 12.4. The van der Waals surface area contributed by atoms with E-state index >= 15 is 0 Å². The Bertz CT molecular complexity index is 512. The Morgan fingerprint density at radius 2 is 2.11 bits per heavy atom. The van der Waals surface area contributed by atoms with E-state index in [0.29, 0.717) is 18.4 Å². The van der Waals surface area contributed by atoms with Crippen LogP contribution in [-0.4, -0.2) is 33.8 Å². The van der Waals surface area contributed by atoms with Gasteiger partial charge in [0, 0.05) is 5.56 Å². The van der Waals surface area contributed by atoms with E-state index in [-0.39, 0.29) is 5.78 Å². The Labute approximate surface area is 107 Å². The SMILES string of the molecule is BC1(C(=O)OC)CCc2cc(OC)ccc2C1=O. The summed E-state index contributed by atoms with van der Waals surface area (Å²) in [4.78, 5) is 24.2. The van der Waals surface area contributed by atoms with Gasteiger partial charge in [-0.2, -0.15) is 0 Å². The van der Waals surface area contributed by atoms with Gasteiger partial charge in [0.25, 0.3) is 0 Å². The van der Waals surface area contributed by atoms with Crippen LogP contribution in [0.15, 0.2) is 18.2 Å². The number of esters is 1. The van der Waals surface area contributed by atoms with Crippen LogP contribution in [0.2, 0.25) is 5.31 Å². The van der Waals surface area contributed by atoms with Crippen molar-refractivity contribution in [1.29, 1.82) is 0 Å². The van der Waals surface area contributed by atoms with Crippen molar-refractivity contribution >= 4 is 19.6 Å². The molecular formula is C13H15BO4. The summed E-state index contributed by atoms with van der Waals surface area (Å²) >= 11 is 0. The number of ketones is 1. The molecule has 1 aromatic carbocycles. The molecule has 2 rings (SSSR count). The second kappa shape index (κ2) is 4.48. The average Bonchev–Trinajstić information content (AvgIpc) is 2.41. The van der Waals surface area contributed by atoms with Crippen molar-refractivity contribution < 1.29 is 19.1 Å². The predicted molar refractivity (Wildman–Crippen MR) is 68.9 cm³/mol. The fourth-order valence-corrected chi connectivity index (χ4v) is 2.34. The molecule has 1 aromatic rings. The molecule has 0 saturated carbocycles. The predicted octanol–water partition coefficient (Wildman–Crippen LogP) is 0.789. The van der Waals surface area contributed by atoms with E-state index in [2.05, 4.69) is 0 Å². The third-order valence-electron chi connectivity index (χ3n) is 3.59. The lowest BCUT2D eigenvalue weighted by atomic mass is 9.58. The topological polar surface area (TPSA) is 52.6 Å². The highest BCUT2D eigenvalue weighted by Gasteiger charge is 2.45. The van der Waals surface area contributed by atoms with Gasteiger partial charge in [-0.25, -0.2) is 0 Å². The summed E-state index contributed by atoms with van der Waals surface area (Å²) in [5.74, 6) is 0.0930. The minimum absolute atomic E-state index is 0.168. The molecule has 0 spiro atoms. The number of methoxy groups -OCH3 is 2. The van der Waals surface area contributed by atoms with Crippen molar-refractivity contribution in [2.24, 2.45) is 0 Å². The maximum atomic E-state index is 12.4. The Hall–Kier alpha value is -1.78. The van der Waals surface area contributed by atoms with E-state index in [1.807, 2.05) is 6.07 Å². The highest BCUT2D eigenvalue weighted by Crippen LogP contribution is 2.40. The van der Waals surface area contributed by atoms with Gasteiger partial charge in [0.15, 0.2) is 5.78 Å². The zero-order valence-electron chi connectivity index (χ0n) is 10.8. The molecule has 0 bridgehead atoms. The summed E-state index contributed by atoms with van der Waals surface area (Å²) in [7, 11) is 4.55. The average molecular weight is 246 g/mol.